The zero-order chi connectivity index (χ0) is 22.0. The second kappa shape index (κ2) is 8.51. The number of halogens is 1. The van der Waals surface area contributed by atoms with E-state index in [4.69, 9.17) is 4.98 Å². The van der Waals surface area contributed by atoms with Crippen molar-refractivity contribution in [1.29, 1.82) is 0 Å². The third-order valence-corrected chi connectivity index (χ3v) is 6.68. The summed E-state index contributed by atoms with van der Waals surface area (Å²) in [4.78, 5) is 4.79. The van der Waals surface area contributed by atoms with Crippen molar-refractivity contribution >= 4 is 26.7 Å². The first-order chi connectivity index (χ1) is 14.9. The minimum absolute atomic E-state index is 0.0356. The zero-order valence-electron chi connectivity index (χ0n) is 17.5. The minimum atomic E-state index is -3.80. The van der Waals surface area contributed by atoms with Crippen molar-refractivity contribution in [2.75, 3.05) is 4.72 Å². The van der Waals surface area contributed by atoms with Crippen LogP contribution < -0.4 is 4.72 Å². The normalized spacial score (nSPS) is 11.7. The van der Waals surface area contributed by atoms with Crippen LogP contribution in [0.25, 0.3) is 11.0 Å². The number of rotatable bonds is 7. The SMILES string of the molecule is CCn1c(CCc2cccc(NS(=O)(=O)c3ccc(F)c(C)c3)c2)nc2ccccc21. The number of fused-ring (bicyclic) bond motifs is 1. The molecule has 0 spiro atoms. The molecule has 0 aliphatic rings. The van der Waals surface area contributed by atoms with Gasteiger partial charge in [0.2, 0.25) is 0 Å². The Morgan fingerprint density at radius 1 is 1.00 bits per heavy atom. The minimum Gasteiger partial charge on any atom is -0.328 e. The summed E-state index contributed by atoms with van der Waals surface area (Å²) >= 11 is 0. The largest absolute Gasteiger partial charge is 0.328 e. The number of anilines is 1. The smallest absolute Gasteiger partial charge is 0.261 e. The van der Waals surface area contributed by atoms with Crippen LogP contribution in [0.3, 0.4) is 0 Å². The van der Waals surface area contributed by atoms with Gasteiger partial charge in [0.15, 0.2) is 0 Å². The lowest BCUT2D eigenvalue weighted by atomic mass is 10.1. The van der Waals surface area contributed by atoms with E-state index in [2.05, 4.69) is 22.3 Å². The maximum absolute atomic E-state index is 13.5. The molecule has 31 heavy (non-hydrogen) atoms. The number of aryl methyl sites for hydroxylation is 4. The number of hydrogen-bond donors (Lipinski definition) is 1. The summed E-state index contributed by atoms with van der Waals surface area (Å²) in [7, 11) is -3.80. The molecule has 5 nitrogen and oxygen atoms in total. The summed E-state index contributed by atoms with van der Waals surface area (Å²) in [5.41, 5.74) is 3.87. The molecule has 0 atom stereocenters. The van der Waals surface area contributed by atoms with E-state index < -0.39 is 15.8 Å². The molecule has 7 heteroatoms. The lowest BCUT2D eigenvalue weighted by molar-refractivity contribution is 0.598. The molecule has 3 aromatic carbocycles. The molecule has 4 rings (SSSR count). The number of nitrogens with zero attached hydrogens (tertiary/aromatic N) is 2. The molecule has 1 aromatic heterocycles. The highest BCUT2D eigenvalue weighted by Gasteiger charge is 2.16. The number of benzene rings is 3. The average molecular weight is 438 g/mol. The van der Waals surface area contributed by atoms with E-state index in [1.807, 2.05) is 36.4 Å². The van der Waals surface area contributed by atoms with E-state index in [1.165, 1.54) is 18.2 Å². The first-order valence-electron chi connectivity index (χ1n) is 10.2. The van der Waals surface area contributed by atoms with Gasteiger partial charge in [-0.1, -0.05) is 24.3 Å². The van der Waals surface area contributed by atoms with Crippen molar-refractivity contribution in [2.45, 2.75) is 38.1 Å². The van der Waals surface area contributed by atoms with Crippen molar-refractivity contribution in [2.24, 2.45) is 0 Å². The van der Waals surface area contributed by atoms with Gasteiger partial charge in [0, 0.05) is 18.7 Å². The quantitative estimate of drug-likeness (QED) is 0.438. The fraction of sp³-hybridized carbons (Fsp3) is 0.208. The van der Waals surface area contributed by atoms with Gasteiger partial charge in [-0.05, 0) is 73.9 Å². The maximum Gasteiger partial charge on any atom is 0.261 e. The number of para-hydroxylation sites is 2. The van der Waals surface area contributed by atoms with Crippen molar-refractivity contribution in [3.63, 3.8) is 0 Å². The summed E-state index contributed by atoms with van der Waals surface area (Å²) in [5, 5.41) is 0. The van der Waals surface area contributed by atoms with Crippen LogP contribution >= 0.6 is 0 Å². The van der Waals surface area contributed by atoms with Gasteiger partial charge < -0.3 is 4.57 Å². The van der Waals surface area contributed by atoms with E-state index in [9.17, 15) is 12.8 Å². The van der Waals surface area contributed by atoms with E-state index in [-0.39, 0.29) is 10.5 Å². The molecule has 0 saturated heterocycles. The summed E-state index contributed by atoms with van der Waals surface area (Å²) in [6.07, 6.45) is 1.48. The van der Waals surface area contributed by atoms with Crippen LogP contribution in [0.15, 0.2) is 71.6 Å². The van der Waals surface area contributed by atoms with Crippen molar-refractivity contribution in [3.8, 4) is 0 Å². The van der Waals surface area contributed by atoms with Gasteiger partial charge in [0.1, 0.15) is 11.6 Å². The fourth-order valence-corrected chi connectivity index (χ4v) is 4.85. The molecule has 4 aromatic rings. The molecule has 0 aliphatic carbocycles. The number of imidazole rings is 1. The highest BCUT2D eigenvalue weighted by Crippen LogP contribution is 2.21. The molecule has 0 bridgehead atoms. The summed E-state index contributed by atoms with van der Waals surface area (Å²) in [6.45, 7) is 4.48. The van der Waals surface area contributed by atoms with Gasteiger partial charge in [0.25, 0.3) is 10.0 Å². The zero-order valence-corrected chi connectivity index (χ0v) is 18.3. The number of hydrogen-bond acceptors (Lipinski definition) is 3. The van der Waals surface area contributed by atoms with Crippen molar-refractivity contribution in [3.05, 3.63) is 89.5 Å². The summed E-state index contributed by atoms with van der Waals surface area (Å²) < 4.78 is 43.7. The fourth-order valence-electron chi connectivity index (χ4n) is 3.71. The molecule has 0 fully saturated rings. The van der Waals surface area contributed by atoms with Crippen LogP contribution in [0.4, 0.5) is 10.1 Å². The van der Waals surface area contributed by atoms with Gasteiger partial charge in [-0.25, -0.2) is 17.8 Å². The number of sulfonamides is 1. The summed E-state index contributed by atoms with van der Waals surface area (Å²) in [5.74, 6) is 0.579. The Bertz CT molecular complexity index is 1350. The Morgan fingerprint density at radius 3 is 2.58 bits per heavy atom. The van der Waals surface area contributed by atoms with Gasteiger partial charge in [-0.15, -0.1) is 0 Å². The Hall–Kier alpha value is -3.19. The molecule has 1 heterocycles. The molecule has 0 radical (unpaired) electrons. The predicted octanol–water partition coefficient (Wildman–Crippen LogP) is 5.09. The highest BCUT2D eigenvalue weighted by atomic mass is 32.2. The molecule has 0 unspecified atom stereocenters. The van der Waals surface area contributed by atoms with Crippen LogP contribution in [-0.4, -0.2) is 18.0 Å². The molecular weight excluding hydrogens is 413 g/mol. The van der Waals surface area contributed by atoms with Crippen LogP contribution in [0.2, 0.25) is 0 Å². The third-order valence-electron chi connectivity index (χ3n) is 5.31. The third kappa shape index (κ3) is 4.46. The van der Waals surface area contributed by atoms with Crippen molar-refractivity contribution < 1.29 is 12.8 Å². The molecule has 1 N–H and O–H groups in total. The highest BCUT2D eigenvalue weighted by molar-refractivity contribution is 7.92. The first-order valence-corrected chi connectivity index (χ1v) is 11.7. The van der Waals surface area contributed by atoms with Gasteiger partial charge in [0.05, 0.1) is 15.9 Å². The van der Waals surface area contributed by atoms with Crippen LogP contribution in [-0.2, 0) is 29.4 Å². The average Bonchev–Trinajstić information content (AvgIpc) is 3.11. The topological polar surface area (TPSA) is 64.0 Å². The lowest BCUT2D eigenvalue weighted by Crippen LogP contribution is -2.13. The number of nitrogens with one attached hydrogen (secondary N) is 1. The Balaban J connectivity index is 1.52. The predicted molar refractivity (Wildman–Crippen MR) is 121 cm³/mol. The molecule has 0 amide bonds. The van der Waals surface area contributed by atoms with Crippen LogP contribution in [0.5, 0.6) is 0 Å². The Kier molecular flexibility index (Phi) is 5.78. The molecule has 0 aliphatic heterocycles. The van der Waals surface area contributed by atoms with Crippen LogP contribution in [0, 0.1) is 12.7 Å². The summed E-state index contributed by atoms with van der Waals surface area (Å²) in [6, 6.07) is 19.2. The van der Waals surface area contributed by atoms with E-state index in [1.54, 1.807) is 13.0 Å². The molecule has 160 valence electrons. The van der Waals surface area contributed by atoms with Crippen LogP contribution in [0.1, 0.15) is 23.9 Å². The monoisotopic (exact) mass is 437 g/mol. The van der Waals surface area contributed by atoms with Gasteiger partial charge in [-0.3, -0.25) is 4.72 Å². The first kappa shape index (κ1) is 21.1. The Morgan fingerprint density at radius 2 is 1.81 bits per heavy atom. The van der Waals surface area contributed by atoms with E-state index in [0.717, 1.165) is 41.8 Å². The van der Waals surface area contributed by atoms with Gasteiger partial charge in [-0.2, -0.15) is 0 Å². The lowest BCUT2D eigenvalue weighted by Gasteiger charge is -2.11. The van der Waals surface area contributed by atoms with Gasteiger partial charge >= 0.3 is 0 Å². The molecule has 0 saturated carbocycles. The molecular formula is C24H24FN3O2S. The second-order valence-corrected chi connectivity index (χ2v) is 9.16. The van der Waals surface area contributed by atoms with E-state index in [0.29, 0.717) is 5.69 Å². The standard InChI is InChI=1S/C24H24FN3O2S/c1-3-28-23-10-5-4-9-22(23)26-24(28)14-11-18-7-6-8-19(16-18)27-31(29,30)20-12-13-21(25)17(2)15-20/h4-10,12-13,15-16,27H,3,11,14H2,1-2H3. The van der Waals surface area contributed by atoms with E-state index >= 15 is 0 Å². The Labute approximate surface area is 181 Å². The maximum atomic E-state index is 13.5. The number of aromatic nitrogens is 2. The second-order valence-electron chi connectivity index (χ2n) is 7.48. The van der Waals surface area contributed by atoms with Crippen molar-refractivity contribution in [1.82, 2.24) is 9.55 Å².